The van der Waals surface area contributed by atoms with Gasteiger partial charge in [-0.25, -0.2) is 10.4 Å². The van der Waals surface area contributed by atoms with Gasteiger partial charge in [-0.2, -0.15) is 0 Å². The van der Waals surface area contributed by atoms with Crippen molar-refractivity contribution in [3.05, 3.63) is 142 Å². The molecule has 0 spiro atoms. The number of carbonyl (C=O) groups is 1. The van der Waals surface area contributed by atoms with E-state index in [9.17, 15) is 4.79 Å². The van der Waals surface area contributed by atoms with Gasteiger partial charge in [-0.3, -0.25) is 10.2 Å². The fraction of sp³-hybridized carbons (Fsp3) is 0.211. The number of aliphatic hydroxyl groups excluding tert-OH is 1. The number of aliphatic imine (C=N–C) groups is 1. The third-order valence-electron chi connectivity index (χ3n) is 8.17. The lowest BCUT2D eigenvalue weighted by atomic mass is 9.82. The Hall–Kier alpha value is -4.70. The van der Waals surface area contributed by atoms with E-state index in [1.807, 2.05) is 97.1 Å². The van der Waals surface area contributed by atoms with E-state index in [2.05, 4.69) is 45.0 Å². The number of hydrazine groups is 1. The molecule has 1 heterocycles. The molecule has 0 bridgehead atoms. The molecule has 3 N–H and O–H groups in total. The summed E-state index contributed by atoms with van der Waals surface area (Å²) in [7, 11) is 1.61. The second-order valence-electron chi connectivity index (χ2n) is 11.3. The Morgan fingerprint density at radius 1 is 0.936 bits per heavy atom. The molecule has 6 rings (SSSR count). The molecule has 47 heavy (non-hydrogen) atoms. The average molecular weight is 695 g/mol. The number of carbonyl (C=O) groups excluding carboxylic acids is 1. The summed E-state index contributed by atoms with van der Waals surface area (Å²) in [6, 6.07) is 37.1. The number of ether oxygens (including phenoxy) is 3. The molecule has 0 radical (unpaired) electrons. The van der Waals surface area contributed by atoms with Crippen LogP contribution in [0.3, 0.4) is 0 Å². The summed E-state index contributed by atoms with van der Waals surface area (Å²) in [5.74, 6) is 1.34. The highest BCUT2D eigenvalue weighted by Gasteiger charge is 2.53. The van der Waals surface area contributed by atoms with Gasteiger partial charge in [-0.15, -0.1) is 0 Å². The molecule has 8 nitrogen and oxygen atoms in total. The quantitative estimate of drug-likeness (QED) is 0.0938. The SMILES string of the molecule is COc1cccc([C@@H]2OC(c3ccc(OCCCO)cc3)=N[C@]2(Cc2ccc(Br)cc2)C(=O)NNCc2cccc3ccccc23)c1. The van der Waals surface area contributed by atoms with Crippen LogP contribution >= 0.6 is 15.9 Å². The molecule has 0 aliphatic carbocycles. The highest BCUT2D eigenvalue weighted by atomic mass is 79.9. The number of nitrogens with one attached hydrogen (secondary N) is 2. The van der Waals surface area contributed by atoms with Crippen LogP contribution in [0.1, 0.15) is 34.8 Å². The number of nitrogens with zero attached hydrogens (tertiary/aromatic N) is 1. The van der Waals surface area contributed by atoms with Gasteiger partial charge in [-0.1, -0.05) is 82.7 Å². The van der Waals surface area contributed by atoms with E-state index in [0.717, 1.165) is 31.9 Å². The number of amides is 1. The molecular weight excluding hydrogens is 658 g/mol. The van der Waals surface area contributed by atoms with Crippen LogP contribution in [0.4, 0.5) is 0 Å². The Bertz CT molecular complexity index is 1860. The lowest BCUT2D eigenvalue weighted by molar-refractivity contribution is -0.130. The molecule has 0 saturated carbocycles. The van der Waals surface area contributed by atoms with Crippen molar-refractivity contribution < 1.29 is 24.1 Å². The number of halogens is 1. The molecule has 5 aromatic rings. The zero-order chi connectivity index (χ0) is 32.6. The smallest absolute Gasteiger partial charge is 0.266 e. The largest absolute Gasteiger partial charge is 0.497 e. The Morgan fingerprint density at radius 2 is 1.70 bits per heavy atom. The van der Waals surface area contributed by atoms with Crippen molar-refractivity contribution in [3.8, 4) is 11.5 Å². The summed E-state index contributed by atoms with van der Waals surface area (Å²) >= 11 is 3.53. The Morgan fingerprint density at radius 3 is 2.49 bits per heavy atom. The first-order valence-corrected chi connectivity index (χ1v) is 16.3. The molecule has 1 amide bonds. The Labute approximate surface area is 282 Å². The fourth-order valence-electron chi connectivity index (χ4n) is 5.77. The summed E-state index contributed by atoms with van der Waals surface area (Å²) in [6.45, 7) is 0.890. The number of fused-ring (bicyclic) bond motifs is 1. The Balaban J connectivity index is 1.37. The number of hydrogen-bond donors (Lipinski definition) is 3. The zero-order valence-corrected chi connectivity index (χ0v) is 27.6. The third-order valence-corrected chi connectivity index (χ3v) is 8.70. The number of rotatable bonds is 13. The molecule has 240 valence electrons. The van der Waals surface area contributed by atoms with Crippen LogP contribution in [-0.2, 0) is 22.5 Å². The highest BCUT2D eigenvalue weighted by Crippen LogP contribution is 2.43. The first-order valence-electron chi connectivity index (χ1n) is 15.5. The van der Waals surface area contributed by atoms with Crippen LogP contribution in [0.15, 0.2) is 125 Å². The second-order valence-corrected chi connectivity index (χ2v) is 12.2. The van der Waals surface area contributed by atoms with Crippen molar-refractivity contribution in [1.82, 2.24) is 10.9 Å². The van der Waals surface area contributed by atoms with Gasteiger partial charge >= 0.3 is 0 Å². The van der Waals surface area contributed by atoms with Crippen molar-refractivity contribution in [2.45, 2.75) is 31.0 Å². The molecule has 5 aromatic carbocycles. The standard InChI is InChI=1S/C38H36BrN3O5/c1-45-33-11-5-9-29(23-33)35-38(24-26-13-17-31(39)18-14-26,41-36(47-35)28-15-19-32(20-16-28)46-22-6-21-43)37(44)42-40-25-30-10-4-8-27-7-2-3-12-34(27)30/h2-5,7-20,23,35,40,43H,6,21-22,24-25H2,1H3,(H,42,44)/t35-,38-/m0/s1. The van der Waals surface area contributed by atoms with Gasteiger partial charge in [0.05, 0.1) is 13.7 Å². The van der Waals surface area contributed by atoms with Gasteiger partial charge in [0.25, 0.3) is 5.91 Å². The molecule has 0 saturated heterocycles. The van der Waals surface area contributed by atoms with E-state index in [1.54, 1.807) is 7.11 Å². The molecule has 1 aliphatic rings. The normalized spacial score (nSPS) is 17.2. The highest BCUT2D eigenvalue weighted by molar-refractivity contribution is 9.10. The van der Waals surface area contributed by atoms with Crippen molar-refractivity contribution in [2.24, 2.45) is 4.99 Å². The maximum absolute atomic E-state index is 14.6. The monoisotopic (exact) mass is 693 g/mol. The van der Waals surface area contributed by atoms with E-state index in [1.165, 1.54) is 0 Å². The van der Waals surface area contributed by atoms with E-state index >= 15 is 0 Å². The predicted octanol–water partition coefficient (Wildman–Crippen LogP) is 6.69. The van der Waals surface area contributed by atoms with E-state index in [4.69, 9.17) is 24.3 Å². The van der Waals surface area contributed by atoms with Crippen LogP contribution in [0.25, 0.3) is 10.8 Å². The summed E-state index contributed by atoms with van der Waals surface area (Å²) in [5.41, 5.74) is 8.24. The molecule has 0 unspecified atom stereocenters. The van der Waals surface area contributed by atoms with Gasteiger partial charge in [0.1, 0.15) is 11.5 Å². The van der Waals surface area contributed by atoms with Gasteiger partial charge in [0.15, 0.2) is 11.6 Å². The molecule has 1 aliphatic heterocycles. The van der Waals surface area contributed by atoms with Crippen LogP contribution in [-0.4, -0.2) is 42.8 Å². The minimum atomic E-state index is -1.38. The predicted molar refractivity (Wildman–Crippen MR) is 187 cm³/mol. The summed E-state index contributed by atoms with van der Waals surface area (Å²) < 4.78 is 18.9. The first kappa shape index (κ1) is 32.2. The van der Waals surface area contributed by atoms with Crippen molar-refractivity contribution in [1.29, 1.82) is 0 Å². The van der Waals surface area contributed by atoms with Gasteiger partial charge in [0.2, 0.25) is 5.90 Å². The number of aliphatic hydroxyl groups is 1. The van der Waals surface area contributed by atoms with Gasteiger partial charge < -0.3 is 19.3 Å². The molecule has 9 heteroatoms. The van der Waals surface area contributed by atoms with Crippen LogP contribution < -0.4 is 20.3 Å². The number of methoxy groups -OCH3 is 1. The third kappa shape index (κ3) is 7.33. The summed E-state index contributed by atoms with van der Waals surface area (Å²) in [4.78, 5) is 19.7. The van der Waals surface area contributed by atoms with Crippen LogP contribution in [0, 0.1) is 0 Å². The van der Waals surface area contributed by atoms with Gasteiger partial charge in [-0.05, 0) is 76.0 Å². The molecular formula is C38H36BrN3O5. The van der Waals surface area contributed by atoms with Crippen molar-refractivity contribution in [2.75, 3.05) is 20.3 Å². The first-order chi connectivity index (χ1) is 23.0. The van der Waals surface area contributed by atoms with E-state index < -0.39 is 11.6 Å². The maximum atomic E-state index is 14.6. The molecule has 0 aromatic heterocycles. The van der Waals surface area contributed by atoms with Crippen molar-refractivity contribution >= 4 is 38.5 Å². The van der Waals surface area contributed by atoms with E-state index in [-0.39, 0.29) is 18.9 Å². The number of benzene rings is 5. The number of hydrogen-bond acceptors (Lipinski definition) is 7. The molecule has 0 fully saturated rings. The zero-order valence-electron chi connectivity index (χ0n) is 26.0. The Kier molecular flexibility index (Phi) is 10.2. The lowest BCUT2D eigenvalue weighted by Crippen LogP contribution is -2.53. The second kappa shape index (κ2) is 14.8. The minimum Gasteiger partial charge on any atom is -0.497 e. The maximum Gasteiger partial charge on any atom is 0.266 e. The summed E-state index contributed by atoms with van der Waals surface area (Å²) in [5, 5.41) is 11.3. The minimum absolute atomic E-state index is 0.0632. The van der Waals surface area contributed by atoms with Crippen LogP contribution in [0.5, 0.6) is 11.5 Å². The van der Waals surface area contributed by atoms with Crippen molar-refractivity contribution in [3.63, 3.8) is 0 Å². The topological polar surface area (TPSA) is 101 Å². The fourth-order valence-corrected chi connectivity index (χ4v) is 6.04. The van der Waals surface area contributed by atoms with E-state index in [0.29, 0.717) is 42.5 Å². The van der Waals surface area contributed by atoms with Crippen LogP contribution in [0.2, 0.25) is 0 Å². The van der Waals surface area contributed by atoms with Gasteiger partial charge in [0, 0.05) is 36.0 Å². The molecule has 2 atom stereocenters. The lowest BCUT2D eigenvalue weighted by Gasteiger charge is -2.31. The summed E-state index contributed by atoms with van der Waals surface area (Å²) in [6.07, 6.45) is 0.0497. The average Bonchev–Trinajstić information content (AvgIpc) is 3.50.